The van der Waals surface area contributed by atoms with Crippen molar-refractivity contribution in [1.82, 2.24) is 15.2 Å². The summed E-state index contributed by atoms with van der Waals surface area (Å²) in [6.07, 6.45) is 0. The largest absolute Gasteiger partial charge is 0.261 e. The molecule has 0 fully saturated rings. The monoisotopic (exact) mass is 226 g/mol. The van der Waals surface area contributed by atoms with E-state index in [1.54, 1.807) is 0 Å². The number of rotatable bonds is 2. The first kappa shape index (κ1) is 11.3. The van der Waals surface area contributed by atoms with Crippen LogP contribution in [0.4, 0.5) is 0 Å². The van der Waals surface area contributed by atoms with Gasteiger partial charge in [0.15, 0.2) is 5.82 Å². The second kappa shape index (κ2) is 4.02. The normalized spacial score (nSPS) is 11.2. The van der Waals surface area contributed by atoms with Crippen LogP contribution >= 0.6 is 0 Å². The summed E-state index contributed by atoms with van der Waals surface area (Å²) >= 11 is 0. The van der Waals surface area contributed by atoms with E-state index in [1.165, 1.54) is 5.56 Å². The first-order chi connectivity index (χ1) is 8.03. The molecule has 4 heteroatoms. The fraction of sp³-hybridized carbons (Fsp3) is 0.308. The molecule has 0 saturated heterocycles. The topological polar surface area (TPSA) is 65.4 Å². The third-order valence-electron chi connectivity index (χ3n) is 2.67. The number of hydrogen-bond acceptors (Lipinski definition) is 3. The highest BCUT2D eigenvalue weighted by Crippen LogP contribution is 2.21. The molecule has 1 aromatic carbocycles. The van der Waals surface area contributed by atoms with E-state index in [2.05, 4.69) is 21.3 Å². The van der Waals surface area contributed by atoms with Crippen LogP contribution in [0.25, 0.3) is 11.4 Å². The van der Waals surface area contributed by atoms with Crippen LogP contribution < -0.4 is 0 Å². The van der Waals surface area contributed by atoms with Crippen molar-refractivity contribution in [3.63, 3.8) is 0 Å². The second-order valence-electron chi connectivity index (χ2n) is 4.61. The molecule has 0 atom stereocenters. The highest BCUT2D eigenvalue weighted by molar-refractivity contribution is 5.55. The van der Waals surface area contributed by atoms with Crippen LogP contribution in [0.15, 0.2) is 24.3 Å². The number of H-pyrrole nitrogens is 1. The average molecular weight is 226 g/mol. The molecular formula is C13H14N4. The maximum atomic E-state index is 9.03. The van der Waals surface area contributed by atoms with Crippen LogP contribution in [0.2, 0.25) is 0 Å². The van der Waals surface area contributed by atoms with Crippen LogP contribution in [-0.2, 0) is 5.41 Å². The Labute approximate surface area is 100 Å². The van der Waals surface area contributed by atoms with Crippen molar-refractivity contribution in [2.75, 3.05) is 0 Å². The minimum Gasteiger partial charge on any atom is -0.261 e. The Morgan fingerprint density at radius 2 is 1.88 bits per heavy atom. The summed E-state index contributed by atoms with van der Waals surface area (Å²) in [6.45, 7) is 5.66. The molecule has 0 radical (unpaired) electrons. The van der Waals surface area contributed by atoms with Crippen LogP contribution in [0, 0.1) is 18.3 Å². The zero-order valence-corrected chi connectivity index (χ0v) is 10.2. The molecule has 1 aromatic heterocycles. The van der Waals surface area contributed by atoms with Crippen molar-refractivity contribution < 1.29 is 0 Å². The summed E-state index contributed by atoms with van der Waals surface area (Å²) < 4.78 is 0. The number of aromatic amines is 1. The van der Waals surface area contributed by atoms with Crippen molar-refractivity contribution in [2.24, 2.45) is 0 Å². The molecule has 1 heterocycles. The highest BCUT2D eigenvalue weighted by atomic mass is 15.2. The van der Waals surface area contributed by atoms with E-state index in [4.69, 9.17) is 5.26 Å². The molecule has 0 saturated carbocycles. The number of aryl methyl sites for hydroxylation is 1. The van der Waals surface area contributed by atoms with Gasteiger partial charge in [0.05, 0.1) is 6.07 Å². The standard InChI is InChI=1S/C13H14N4/c1-9-4-6-10(7-5-9)11-15-12(17-16-11)13(2,3)8-14/h4-7H,1-3H3,(H,15,16,17). The molecule has 0 amide bonds. The lowest BCUT2D eigenvalue weighted by molar-refractivity contribution is 0.633. The summed E-state index contributed by atoms with van der Waals surface area (Å²) in [6, 6.07) is 10.2. The van der Waals surface area contributed by atoms with Gasteiger partial charge in [-0.25, -0.2) is 4.98 Å². The molecule has 1 N–H and O–H groups in total. The Morgan fingerprint density at radius 3 is 2.47 bits per heavy atom. The van der Waals surface area contributed by atoms with E-state index in [-0.39, 0.29) is 0 Å². The van der Waals surface area contributed by atoms with Gasteiger partial charge in [-0.05, 0) is 20.8 Å². The van der Waals surface area contributed by atoms with Gasteiger partial charge in [0.2, 0.25) is 0 Å². The number of aromatic nitrogens is 3. The molecule has 2 aromatic rings. The molecule has 17 heavy (non-hydrogen) atoms. The summed E-state index contributed by atoms with van der Waals surface area (Å²) in [7, 11) is 0. The lowest BCUT2D eigenvalue weighted by atomic mass is 9.95. The van der Waals surface area contributed by atoms with Gasteiger partial charge < -0.3 is 0 Å². The minimum absolute atomic E-state index is 0.593. The maximum absolute atomic E-state index is 9.03. The molecule has 0 unspecified atom stereocenters. The Bertz CT molecular complexity index is 558. The van der Waals surface area contributed by atoms with Crippen LogP contribution in [0.5, 0.6) is 0 Å². The van der Waals surface area contributed by atoms with Gasteiger partial charge >= 0.3 is 0 Å². The molecule has 86 valence electrons. The molecule has 0 aliphatic heterocycles. The number of nitrogens with one attached hydrogen (secondary N) is 1. The van der Waals surface area contributed by atoms with Crippen LogP contribution in [-0.4, -0.2) is 15.2 Å². The Hall–Kier alpha value is -2.15. The highest BCUT2D eigenvalue weighted by Gasteiger charge is 2.24. The first-order valence-electron chi connectivity index (χ1n) is 5.44. The van der Waals surface area contributed by atoms with Crippen molar-refractivity contribution in [3.8, 4) is 17.5 Å². The van der Waals surface area contributed by atoms with Gasteiger partial charge in [0.25, 0.3) is 0 Å². The van der Waals surface area contributed by atoms with E-state index in [0.29, 0.717) is 11.6 Å². The lowest BCUT2D eigenvalue weighted by Crippen LogP contribution is -2.15. The molecule has 4 nitrogen and oxygen atoms in total. The van der Waals surface area contributed by atoms with Crippen molar-refractivity contribution in [3.05, 3.63) is 35.7 Å². The fourth-order valence-corrected chi connectivity index (χ4v) is 1.43. The maximum Gasteiger partial charge on any atom is 0.181 e. The zero-order chi connectivity index (χ0) is 12.5. The first-order valence-corrected chi connectivity index (χ1v) is 5.44. The minimum atomic E-state index is -0.643. The van der Waals surface area contributed by atoms with Gasteiger partial charge in [-0.2, -0.15) is 10.4 Å². The molecule has 0 spiro atoms. The van der Waals surface area contributed by atoms with Crippen molar-refractivity contribution in [1.29, 1.82) is 5.26 Å². The summed E-state index contributed by atoms with van der Waals surface area (Å²) in [5.41, 5.74) is 1.50. The lowest BCUT2D eigenvalue weighted by Gasteiger charge is -2.09. The SMILES string of the molecule is Cc1ccc(-c2n[nH]c(C(C)(C)C#N)n2)cc1. The van der Waals surface area contributed by atoms with E-state index < -0.39 is 5.41 Å². The van der Waals surface area contributed by atoms with E-state index in [0.717, 1.165) is 5.56 Å². The van der Waals surface area contributed by atoms with E-state index in [1.807, 2.05) is 45.0 Å². The predicted octanol–water partition coefficient (Wildman–Crippen LogP) is 2.58. The molecule has 0 bridgehead atoms. The molecular weight excluding hydrogens is 212 g/mol. The van der Waals surface area contributed by atoms with E-state index >= 15 is 0 Å². The Kier molecular flexibility index (Phi) is 2.68. The second-order valence-corrected chi connectivity index (χ2v) is 4.61. The average Bonchev–Trinajstić information content (AvgIpc) is 2.80. The molecule has 0 aliphatic rings. The summed E-state index contributed by atoms with van der Waals surface area (Å²) in [5, 5.41) is 16.0. The fourth-order valence-electron chi connectivity index (χ4n) is 1.43. The van der Waals surface area contributed by atoms with Crippen LogP contribution in [0.1, 0.15) is 25.2 Å². The predicted molar refractivity (Wildman–Crippen MR) is 65.2 cm³/mol. The summed E-state index contributed by atoms with van der Waals surface area (Å²) in [4.78, 5) is 4.36. The summed E-state index contributed by atoms with van der Waals surface area (Å²) in [5.74, 6) is 1.22. The quantitative estimate of drug-likeness (QED) is 0.855. The van der Waals surface area contributed by atoms with Crippen LogP contribution in [0.3, 0.4) is 0 Å². The number of nitriles is 1. The van der Waals surface area contributed by atoms with Gasteiger partial charge in [0, 0.05) is 5.56 Å². The van der Waals surface area contributed by atoms with E-state index in [9.17, 15) is 0 Å². The van der Waals surface area contributed by atoms with Gasteiger partial charge in [-0.3, -0.25) is 5.10 Å². The zero-order valence-electron chi connectivity index (χ0n) is 10.2. The number of benzene rings is 1. The Balaban J connectivity index is 2.37. The molecule has 0 aliphatic carbocycles. The van der Waals surface area contributed by atoms with Crippen molar-refractivity contribution in [2.45, 2.75) is 26.2 Å². The number of hydrogen-bond donors (Lipinski definition) is 1. The van der Waals surface area contributed by atoms with Gasteiger partial charge in [-0.15, -0.1) is 0 Å². The molecule has 2 rings (SSSR count). The Morgan fingerprint density at radius 1 is 1.24 bits per heavy atom. The van der Waals surface area contributed by atoms with Gasteiger partial charge in [-0.1, -0.05) is 29.8 Å². The third-order valence-corrected chi connectivity index (χ3v) is 2.67. The third kappa shape index (κ3) is 2.18. The van der Waals surface area contributed by atoms with Gasteiger partial charge in [0.1, 0.15) is 11.2 Å². The smallest absolute Gasteiger partial charge is 0.181 e. The number of nitrogens with zero attached hydrogens (tertiary/aromatic N) is 3. The van der Waals surface area contributed by atoms with Crippen molar-refractivity contribution >= 4 is 0 Å².